The van der Waals surface area contributed by atoms with E-state index in [4.69, 9.17) is 0 Å². The van der Waals surface area contributed by atoms with Crippen LogP contribution in [-0.2, 0) is 9.63 Å². The van der Waals surface area contributed by atoms with Crippen molar-refractivity contribution < 1.29 is 9.63 Å². The predicted octanol–water partition coefficient (Wildman–Crippen LogP) is -0.355. The van der Waals surface area contributed by atoms with Gasteiger partial charge in [0, 0.05) is 6.04 Å². The average molecular weight is 99.1 g/mol. The lowest BCUT2D eigenvalue weighted by molar-refractivity contribution is -0.132. The van der Waals surface area contributed by atoms with Crippen LogP contribution in [0.2, 0.25) is 0 Å². The number of hydrogen-bond acceptors (Lipinski definition) is 3. The molecule has 0 saturated carbocycles. The Labute approximate surface area is 41.6 Å². The Morgan fingerprint density at radius 2 is 2.57 bits per heavy atom. The summed E-state index contributed by atoms with van der Waals surface area (Å²) in [5, 5.41) is 0. The van der Waals surface area contributed by atoms with Gasteiger partial charge in [-0.2, -0.15) is 5.48 Å². The Hall–Kier alpha value is -1.17. The normalized spacial score (nSPS) is 5.29. The third-order valence-corrected chi connectivity index (χ3v) is 0.283. The molecule has 0 rings (SSSR count). The molecule has 0 amide bonds. The molecule has 0 spiro atoms. The second-order valence-electron chi connectivity index (χ2n) is 0.691. The monoisotopic (exact) mass is 99.0 g/mol. The molecule has 0 heterocycles. The van der Waals surface area contributed by atoms with Gasteiger partial charge in [0.25, 0.3) is 0 Å². The summed E-state index contributed by atoms with van der Waals surface area (Å²) in [6.45, 7) is 1.89. The number of carbonyl (C=O) groups is 1. The first kappa shape index (κ1) is 5.83. The summed E-state index contributed by atoms with van der Waals surface area (Å²) in [6, 6.07) is 2.30. The minimum Gasteiger partial charge on any atom is -0.339 e. The van der Waals surface area contributed by atoms with E-state index in [0.717, 1.165) is 0 Å². The molecule has 1 N–H and O–H groups in total. The number of nitrogens with one attached hydrogen (secondary N) is 1. The lowest BCUT2D eigenvalue weighted by atomic mass is 10.8. The quantitative estimate of drug-likeness (QED) is 0.169. The fourth-order valence-electron chi connectivity index (χ4n) is 0.105. The fourth-order valence-corrected chi connectivity index (χ4v) is 0.105. The van der Waals surface area contributed by atoms with E-state index in [1.54, 1.807) is 6.92 Å². The van der Waals surface area contributed by atoms with Crippen molar-refractivity contribution in [2.75, 3.05) is 0 Å². The zero-order valence-corrected chi connectivity index (χ0v) is 3.89. The molecule has 0 bridgehead atoms. The Morgan fingerprint density at radius 1 is 1.86 bits per heavy atom. The summed E-state index contributed by atoms with van der Waals surface area (Å²) in [6.07, 6.45) is 0. The summed E-state index contributed by atoms with van der Waals surface area (Å²) in [5.41, 5.74) is 2.06. The van der Waals surface area contributed by atoms with Crippen molar-refractivity contribution in [3.05, 3.63) is 0 Å². The highest BCUT2D eigenvalue weighted by molar-refractivity contribution is 5.36. The Kier molecular flexibility index (Phi) is 4.02. The molecule has 0 aromatic heterocycles. The summed E-state index contributed by atoms with van der Waals surface area (Å²) in [5.74, 6) is 2.46. The van der Waals surface area contributed by atoms with Crippen molar-refractivity contribution in [3.8, 4) is 12.0 Å². The number of carbonyl (C=O) groups excluding carboxylic acids is 1. The second-order valence-corrected chi connectivity index (χ2v) is 0.691. The topological polar surface area (TPSA) is 38.3 Å². The molecule has 0 unspecified atom stereocenters. The maximum absolute atomic E-state index is 9.33. The van der Waals surface area contributed by atoms with Crippen LogP contribution in [0.5, 0.6) is 0 Å². The molecule has 0 aromatic rings. The van der Waals surface area contributed by atoms with Crippen LogP contribution in [0.4, 0.5) is 0 Å². The molecule has 0 fully saturated rings. The van der Waals surface area contributed by atoms with Crippen LogP contribution in [0.1, 0.15) is 6.92 Å². The van der Waals surface area contributed by atoms with E-state index < -0.39 is 0 Å². The van der Waals surface area contributed by atoms with Gasteiger partial charge in [-0.05, 0) is 6.92 Å². The third-order valence-electron chi connectivity index (χ3n) is 0.283. The van der Waals surface area contributed by atoms with E-state index in [-0.39, 0.29) is 6.47 Å². The Bertz CT molecular complexity index is 100.0. The minimum atomic E-state index is 0.268. The summed E-state index contributed by atoms with van der Waals surface area (Å²) in [7, 11) is 0. The van der Waals surface area contributed by atoms with E-state index >= 15 is 0 Å². The lowest BCUT2D eigenvalue weighted by Gasteiger charge is -1.84. The molecule has 0 radical (unpaired) electrons. The summed E-state index contributed by atoms with van der Waals surface area (Å²) < 4.78 is 0. The van der Waals surface area contributed by atoms with Crippen molar-refractivity contribution in [1.82, 2.24) is 5.48 Å². The van der Waals surface area contributed by atoms with E-state index in [2.05, 4.69) is 22.3 Å². The van der Waals surface area contributed by atoms with Gasteiger partial charge in [-0.25, -0.2) is 0 Å². The zero-order valence-electron chi connectivity index (χ0n) is 3.89. The maximum atomic E-state index is 9.33. The first-order valence-electron chi connectivity index (χ1n) is 1.68. The van der Waals surface area contributed by atoms with Crippen molar-refractivity contribution in [1.29, 1.82) is 0 Å². The molecule has 0 aliphatic heterocycles. The highest BCUT2D eigenvalue weighted by atomic mass is 16.7. The molecule has 0 atom stereocenters. The van der Waals surface area contributed by atoms with Gasteiger partial charge in [0.2, 0.25) is 0 Å². The molecule has 3 nitrogen and oxygen atoms in total. The highest BCUT2D eigenvalue weighted by Gasteiger charge is 1.62. The summed E-state index contributed by atoms with van der Waals surface area (Å²) in [4.78, 5) is 13.3. The first-order chi connectivity index (χ1) is 3.41. The van der Waals surface area contributed by atoms with Crippen LogP contribution in [0.25, 0.3) is 0 Å². The van der Waals surface area contributed by atoms with Crippen molar-refractivity contribution >= 4 is 6.47 Å². The predicted molar refractivity (Wildman–Crippen MR) is 23.7 cm³/mol. The maximum Gasteiger partial charge on any atom is 0.321 e. The van der Waals surface area contributed by atoms with Gasteiger partial charge in [0.1, 0.15) is 0 Å². The van der Waals surface area contributed by atoms with Gasteiger partial charge >= 0.3 is 6.47 Å². The minimum absolute atomic E-state index is 0.268. The second kappa shape index (κ2) is 4.83. The van der Waals surface area contributed by atoms with Crippen LogP contribution < -0.4 is 5.48 Å². The lowest BCUT2D eigenvalue weighted by Crippen LogP contribution is -2.03. The van der Waals surface area contributed by atoms with Crippen LogP contribution >= 0.6 is 0 Å². The van der Waals surface area contributed by atoms with Crippen LogP contribution in [0.3, 0.4) is 0 Å². The number of rotatable bonds is 2. The van der Waals surface area contributed by atoms with E-state index in [1.165, 1.54) is 0 Å². The van der Waals surface area contributed by atoms with E-state index in [0.29, 0.717) is 0 Å². The number of hydroxylamine groups is 1. The number of hydrogen-bond donors (Lipinski definition) is 1. The van der Waals surface area contributed by atoms with Gasteiger partial charge in [0.05, 0.1) is 0 Å². The smallest absolute Gasteiger partial charge is 0.321 e. The molecule has 3 heteroatoms. The van der Waals surface area contributed by atoms with E-state index in [9.17, 15) is 4.79 Å². The molecule has 0 saturated heterocycles. The molecule has 38 valence electrons. The van der Waals surface area contributed by atoms with Crippen LogP contribution in [0, 0.1) is 12.0 Å². The Morgan fingerprint density at radius 3 is 3.00 bits per heavy atom. The van der Waals surface area contributed by atoms with Gasteiger partial charge in [0.15, 0.2) is 0 Å². The Balaban J connectivity index is 2.92. The van der Waals surface area contributed by atoms with Crippen LogP contribution in [-0.4, -0.2) is 6.47 Å². The first-order valence-corrected chi connectivity index (χ1v) is 1.68. The van der Waals surface area contributed by atoms with Gasteiger partial charge in [-0.1, -0.05) is 5.92 Å². The standard InChI is InChI=1S/C4H5NO2/c1-2-3-5-7-4-6/h4-5H,1H3. The zero-order chi connectivity index (χ0) is 5.54. The van der Waals surface area contributed by atoms with Gasteiger partial charge in [-0.15, -0.1) is 0 Å². The largest absolute Gasteiger partial charge is 0.339 e. The summed E-state index contributed by atoms with van der Waals surface area (Å²) >= 11 is 0. The molecular formula is C4H5NO2. The average Bonchev–Trinajstić information content (AvgIpc) is 1.69. The van der Waals surface area contributed by atoms with Crippen molar-refractivity contribution in [2.24, 2.45) is 0 Å². The highest BCUT2D eigenvalue weighted by Crippen LogP contribution is 1.47. The van der Waals surface area contributed by atoms with Gasteiger partial charge in [-0.3, -0.25) is 4.79 Å². The van der Waals surface area contributed by atoms with Crippen LogP contribution in [0.15, 0.2) is 0 Å². The van der Waals surface area contributed by atoms with Crippen molar-refractivity contribution in [3.63, 3.8) is 0 Å². The molecular weight excluding hydrogens is 94.0 g/mol. The van der Waals surface area contributed by atoms with E-state index in [1.807, 2.05) is 0 Å². The SMILES string of the molecule is CC#CNOC=O. The van der Waals surface area contributed by atoms with Crippen molar-refractivity contribution in [2.45, 2.75) is 6.92 Å². The van der Waals surface area contributed by atoms with Gasteiger partial charge < -0.3 is 4.84 Å². The fraction of sp³-hybridized carbons (Fsp3) is 0.250. The molecule has 7 heavy (non-hydrogen) atoms. The molecule has 0 aliphatic rings. The molecule has 0 aliphatic carbocycles. The molecule has 0 aromatic carbocycles. The third kappa shape index (κ3) is 4.83.